The van der Waals surface area contributed by atoms with Crippen LogP contribution in [0.1, 0.15) is 10.4 Å². The summed E-state index contributed by atoms with van der Waals surface area (Å²) in [6.07, 6.45) is 1.90. The number of hydrogen-bond donors (Lipinski definition) is 1. The van der Waals surface area contributed by atoms with E-state index < -0.39 is 12.6 Å². The van der Waals surface area contributed by atoms with Gasteiger partial charge in [0.15, 0.2) is 0 Å². The smallest absolute Gasteiger partial charge is 0.387 e. The first-order valence-corrected chi connectivity index (χ1v) is 8.48. The average molecular weight is 361 g/mol. The number of carboxylic acids is 1. The van der Waals surface area contributed by atoms with Crippen molar-refractivity contribution in [2.75, 3.05) is 6.26 Å². The Morgan fingerprint density at radius 2 is 1.96 bits per heavy atom. The van der Waals surface area contributed by atoms with Crippen LogP contribution in [0.3, 0.4) is 0 Å². The molecule has 0 saturated heterocycles. The van der Waals surface area contributed by atoms with Gasteiger partial charge in [0.25, 0.3) is 0 Å². The Kier molecular flexibility index (Phi) is 4.85. The molecule has 0 aliphatic heterocycles. The molecule has 0 fully saturated rings. The molecule has 25 heavy (non-hydrogen) atoms. The molecule has 0 unspecified atom stereocenters. The number of rotatable bonds is 5. The Balaban J connectivity index is 2.25. The third-order valence-electron chi connectivity index (χ3n) is 3.63. The van der Waals surface area contributed by atoms with Gasteiger partial charge in [-0.2, -0.15) is 8.78 Å². The minimum absolute atomic E-state index is 0.0540. The van der Waals surface area contributed by atoms with Crippen molar-refractivity contribution in [1.82, 2.24) is 4.98 Å². The van der Waals surface area contributed by atoms with Crippen LogP contribution in [0.2, 0.25) is 0 Å². The first-order valence-electron chi connectivity index (χ1n) is 7.26. The lowest BCUT2D eigenvalue weighted by molar-refractivity contribution is -0.0494. The topological polar surface area (TPSA) is 59.4 Å². The van der Waals surface area contributed by atoms with E-state index in [-0.39, 0.29) is 17.0 Å². The molecular formula is C18H13F2NO3S. The molecule has 1 heterocycles. The Labute approximate surface area is 146 Å². The molecule has 1 N–H and O–H groups in total. The van der Waals surface area contributed by atoms with Crippen molar-refractivity contribution in [3.05, 3.63) is 54.1 Å². The van der Waals surface area contributed by atoms with Gasteiger partial charge in [0.05, 0.1) is 16.8 Å². The zero-order valence-corrected chi connectivity index (χ0v) is 13.9. The van der Waals surface area contributed by atoms with Gasteiger partial charge < -0.3 is 9.84 Å². The van der Waals surface area contributed by atoms with Gasteiger partial charge in [-0.1, -0.05) is 18.2 Å². The van der Waals surface area contributed by atoms with Crippen LogP contribution in [0.15, 0.2) is 53.4 Å². The molecule has 1 aromatic heterocycles. The minimum atomic E-state index is -2.98. The second kappa shape index (κ2) is 7.06. The van der Waals surface area contributed by atoms with Gasteiger partial charge in [-0.15, -0.1) is 11.8 Å². The lowest BCUT2D eigenvalue weighted by Gasteiger charge is -2.12. The summed E-state index contributed by atoms with van der Waals surface area (Å²) in [5, 5.41) is 10.00. The normalized spacial score (nSPS) is 11.0. The van der Waals surface area contributed by atoms with Crippen molar-refractivity contribution < 1.29 is 23.4 Å². The van der Waals surface area contributed by atoms with E-state index in [2.05, 4.69) is 9.72 Å². The monoisotopic (exact) mass is 361 g/mol. The van der Waals surface area contributed by atoms with Crippen LogP contribution in [0.5, 0.6) is 5.75 Å². The summed E-state index contributed by atoms with van der Waals surface area (Å²) in [6.45, 7) is -2.98. The van der Waals surface area contributed by atoms with Crippen LogP contribution in [-0.2, 0) is 0 Å². The summed E-state index contributed by atoms with van der Waals surface area (Å²) in [4.78, 5) is 17.0. The number of thioether (sulfide) groups is 1. The number of carboxylic acid groups (broad SMARTS) is 1. The van der Waals surface area contributed by atoms with Gasteiger partial charge in [0, 0.05) is 15.8 Å². The maximum Gasteiger partial charge on any atom is 0.387 e. The average Bonchev–Trinajstić information content (AvgIpc) is 2.60. The number of pyridine rings is 1. The highest BCUT2D eigenvalue weighted by molar-refractivity contribution is 7.98. The molecule has 3 aromatic rings. The SMILES string of the molecule is CSc1ccc2c(C(=O)O)cc(-c3ccccc3OC(F)F)nc2c1. The molecule has 3 rings (SSSR count). The summed E-state index contributed by atoms with van der Waals surface area (Å²) in [6, 6.07) is 12.8. The zero-order chi connectivity index (χ0) is 18.0. The van der Waals surface area contributed by atoms with Crippen molar-refractivity contribution in [3.63, 3.8) is 0 Å². The van der Waals surface area contributed by atoms with E-state index in [0.29, 0.717) is 16.5 Å². The van der Waals surface area contributed by atoms with Gasteiger partial charge in [0.1, 0.15) is 5.75 Å². The first-order chi connectivity index (χ1) is 12.0. The number of para-hydroxylation sites is 1. The van der Waals surface area contributed by atoms with E-state index in [9.17, 15) is 18.7 Å². The molecule has 0 aliphatic rings. The maximum absolute atomic E-state index is 12.6. The largest absolute Gasteiger partial charge is 0.478 e. The number of nitrogens with zero attached hydrogens (tertiary/aromatic N) is 1. The van der Waals surface area contributed by atoms with Gasteiger partial charge in [0.2, 0.25) is 0 Å². The minimum Gasteiger partial charge on any atom is -0.478 e. The molecule has 4 nitrogen and oxygen atoms in total. The van der Waals surface area contributed by atoms with Crippen LogP contribution in [-0.4, -0.2) is 28.9 Å². The predicted octanol–water partition coefficient (Wildman–Crippen LogP) is 4.92. The van der Waals surface area contributed by atoms with Crippen molar-refractivity contribution in [3.8, 4) is 17.0 Å². The van der Waals surface area contributed by atoms with Crippen LogP contribution in [0.4, 0.5) is 8.78 Å². The number of aromatic nitrogens is 1. The molecule has 7 heteroatoms. The van der Waals surface area contributed by atoms with Gasteiger partial charge >= 0.3 is 12.6 Å². The number of halogens is 2. The van der Waals surface area contributed by atoms with E-state index in [4.69, 9.17) is 0 Å². The molecule has 0 bridgehead atoms. The number of benzene rings is 2. The fourth-order valence-electron chi connectivity index (χ4n) is 2.53. The highest BCUT2D eigenvalue weighted by Crippen LogP contribution is 2.33. The van der Waals surface area contributed by atoms with Crippen LogP contribution in [0, 0.1) is 0 Å². The fourth-order valence-corrected chi connectivity index (χ4v) is 2.96. The van der Waals surface area contributed by atoms with E-state index in [1.165, 1.54) is 23.9 Å². The van der Waals surface area contributed by atoms with E-state index in [1.54, 1.807) is 30.3 Å². The van der Waals surface area contributed by atoms with Gasteiger partial charge in [-0.3, -0.25) is 0 Å². The van der Waals surface area contributed by atoms with Crippen molar-refractivity contribution in [2.24, 2.45) is 0 Å². The molecule has 0 atom stereocenters. The second-order valence-electron chi connectivity index (χ2n) is 5.12. The summed E-state index contributed by atoms with van der Waals surface area (Å²) >= 11 is 1.50. The molecule has 128 valence electrons. The van der Waals surface area contributed by atoms with Crippen LogP contribution >= 0.6 is 11.8 Å². The Hall–Kier alpha value is -2.67. The zero-order valence-electron chi connectivity index (χ0n) is 13.1. The molecule has 2 aromatic carbocycles. The van der Waals surface area contributed by atoms with Gasteiger partial charge in [-0.25, -0.2) is 9.78 Å². The molecule has 0 radical (unpaired) electrons. The van der Waals surface area contributed by atoms with E-state index >= 15 is 0 Å². The number of carbonyl (C=O) groups is 1. The van der Waals surface area contributed by atoms with E-state index in [1.807, 2.05) is 12.3 Å². The first kappa shape index (κ1) is 17.2. The third-order valence-corrected chi connectivity index (χ3v) is 4.35. The molecular weight excluding hydrogens is 348 g/mol. The number of alkyl halides is 2. The number of fused-ring (bicyclic) bond motifs is 1. The Morgan fingerprint density at radius 3 is 2.64 bits per heavy atom. The molecule has 0 amide bonds. The van der Waals surface area contributed by atoms with Gasteiger partial charge in [-0.05, 0) is 36.6 Å². The molecule has 0 aliphatic carbocycles. The van der Waals surface area contributed by atoms with E-state index in [0.717, 1.165) is 4.90 Å². The summed E-state index contributed by atoms with van der Waals surface area (Å²) in [5.74, 6) is -1.17. The van der Waals surface area contributed by atoms with Crippen LogP contribution in [0.25, 0.3) is 22.2 Å². The Morgan fingerprint density at radius 1 is 1.20 bits per heavy atom. The third kappa shape index (κ3) is 3.56. The van der Waals surface area contributed by atoms with Crippen molar-refractivity contribution in [2.45, 2.75) is 11.5 Å². The van der Waals surface area contributed by atoms with Crippen molar-refractivity contribution >= 4 is 28.6 Å². The molecule has 0 saturated carbocycles. The lowest BCUT2D eigenvalue weighted by atomic mass is 10.0. The number of aromatic carboxylic acids is 1. The van der Waals surface area contributed by atoms with Crippen molar-refractivity contribution in [1.29, 1.82) is 0 Å². The predicted molar refractivity (Wildman–Crippen MR) is 92.6 cm³/mol. The highest BCUT2D eigenvalue weighted by atomic mass is 32.2. The number of ether oxygens (including phenoxy) is 1. The lowest BCUT2D eigenvalue weighted by Crippen LogP contribution is -2.04. The standard InChI is InChI=1S/C18H13F2NO3S/c1-25-10-6-7-11-13(17(22)23)9-15(21-14(11)8-10)12-4-2-3-5-16(12)24-18(19)20/h2-9,18H,1H3,(H,22,23). The van der Waals surface area contributed by atoms with Crippen LogP contribution < -0.4 is 4.74 Å². The highest BCUT2D eigenvalue weighted by Gasteiger charge is 2.17. The molecule has 0 spiro atoms. The maximum atomic E-state index is 12.6. The quantitative estimate of drug-likeness (QED) is 0.654. The summed E-state index contributed by atoms with van der Waals surface area (Å²) < 4.78 is 29.8. The Bertz CT molecular complexity index is 947. The second-order valence-corrected chi connectivity index (χ2v) is 6.00. The fraction of sp³-hybridized carbons (Fsp3) is 0.111. The summed E-state index contributed by atoms with van der Waals surface area (Å²) in [7, 11) is 0. The number of hydrogen-bond acceptors (Lipinski definition) is 4. The summed E-state index contributed by atoms with van der Waals surface area (Å²) in [5.41, 5.74) is 1.11.